The lowest BCUT2D eigenvalue weighted by atomic mass is 10.3. The first-order valence-electron chi connectivity index (χ1n) is 6.68. The molecule has 2 rings (SSSR count). The Bertz CT molecular complexity index is 456. The highest BCUT2D eigenvalue weighted by molar-refractivity contribution is 5.74. The first-order valence-corrected chi connectivity index (χ1v) is 6.68. The number of carbonyl (C=O) groups excluding carboxylic acids is 1. The number of urea groups is 1. The lowest BCUT2D eigenvalue weighted by molar-refractivity contribution is 0.0189. The third kappa shape index (κ3) is 3.84. The van der Waals surface area contributed by atoms with E-state index in [0.29, 0.717) is 26.3 Å². The van der Waals surface area contributed by atoms with Gasteiger partial charge in [-0.15, -0.1) is 0 Å². The van der Waals surface area contributed by atoms with Crippen LogP contribution in [0.4, 0.5) is 9.18 Å². The van der Waals surface area contributed by atoms with Crippen LogP contribution in [-0.2, 0) is 4.74 Å². The molecule has 1 aliphatic heterocycles. The molecule has 110 valence electrons. The molecule has 1 atom stereocenters. The van der Waals surface area contributed by atoms with Gasteiger partial charge in [0, 0.05) is 6.54 Å². The summed E-state index contributed by atoms with van der Waals surface area (Å²) in [6.07, 6.45) is 0. The van der Waals surface area contributed by atoms with Crippen LogP contribution in [0.2, 0.25) is 0 Å². The van der Waals surface area contributed by atoms with Crippen molar-refractivity contribution >= 4 is 6.03 Å². The minimum atomic E-state index is -0.402. The zero-order valence-electron chi connectivity index (χ0n) is 11.5. The zero-order valence-corrected chi connectivity index (χ0v) is 11.5. The van der Waals surface area contributed by atoms with Crippen molar-refractivity contribution in [1.82, 2.24) is 10.2 Å². The number of halogens is 1. The maximum absolute atomic E-state index is 13.3. The molecular weight excluding hydrogens is 263 g/mol. The van der Waals surface area contributed by atoms with E-state index < -0.39 is 5.82 Å². The van der Waals surface area contributed by atoms with Crippen LogP contribution in [0.15, 0.2) is 24.3 Å². The van der Waals surface area contributed by atoms with Crippen LogP contribution in [0.3, 0.4) is 0 Å². The maximum Gasteiger partial charge on any atom is 0.317 e. The number of ether oxygens (including phenoxy) is 2. The Morgan fingerprint density at radius 1 is 1.55 bits per heavy atom. The van der Waals surface area contributed by atoms with Crippen LogP contribution in [0.5, 0.6) is 5.75 Å². The van der Waals surface area contributed by atoms with E-state index in [4.69, 9.17) is 9.47 Å². The van der Waals surface area contributed by atoms with Gasteiger partial charge in [0.1, 0.15) is 6.61 Å². The highest BCUT2D eigenvalue weighted by atomic mass is 19.1. The van der Waals surface area contributed by atoms with E-state index in [9.17, 15) is 9.18 Å². The van der Waals surface area contributed by atoms with Crippen molar-refractivity contribution < 1.29 is 18.7 Å². The van der Waals surface area contributed by atoms with Gasteiger partial charge in [0.25, 0.3) is 0 Å². The molecule has 20 heavy (non-hydrogen) atoms. The fourth-order valence-electron chi connectivity index (χ4n) is 2.01. The molecule has 1 N–H and O–H groups in total. The molecule has 0 saturated carbocycles. The average Bonchev–Trinajstić information content (AvgIpc) is 2.45. The first-order chi connectivity index (χ1) is 9.68. The zero-order chi connectivity index (χ0) is 14.4. The van der Waals surface area contributed by atoms with E-state index in [0.717, 1.165) is 0 Å². The normalized spacial score (nSPS) is 18.7. The van der Waals surface area contributed by atoms with Crippen LogP contribution >= 0.6 is 0 Å². The third-order valence-corrected chi connectivity index (χ3v) is 3.10. The first kappa shape index (κ1) is 14.6. The summed E-state index contributed by atoms with van der Waals surface area (Å²) >= 11 is 0. The number of nitrogens with zero attached hydrogens (tertiary/aromatic N) is 1. The maximum atomic E-state index is 13.3. The average molecular weight is 282 g/mol. The Morgan fingerprint density at radius 3 is 3.10 bits per heavy atom. The summed E-state index contributed by atoms with van der Waals surface area (Å²) in [4.78, 5) is 13.6. The van der Waals surface area contributed by atoms with Gasteiger partial charge in [-0.05, 0) is 19.1 Å². The molecule has 1 saturated heterocycles. The molecule has 5 nitrogen and oxygen atoms in total. The molecule has 0 bridgehead atoms. The Kier molecular flexibility index (Phi) is 5.17. The summed E-state index contributed by atoms with van der Waals surface area (Å²) in [6, 6.07) is 6.12. The van der Waals surface area contributed by atoms with Crippen molar-refractivity contribution in [2.45, 2.75) is 13.0 Å². The van der Waals surface area contributed by atoms with Gasteiger partial charge in [0.15, 0.2) is 11.6 Å². The molecule has 1 aliphatic rings. The Labute approximate surface area is 117 Å². The summed E-state index contributed by atoms with van der Waals surface area (Å²) in [7, 11) is 0. The molecule has 0 aliphatic carbocycles. The topological polar surface area (TPSA) is 50.8 Å². The minimum absolute atomic E-state index is 0.0660. The number of carbonyl (C=O) groups is 1. The fraction of sp³-hybridized carbons (Fsp3) is 0.500. The quantitative estimate of drug-likeness (QED) is 0.854. The van der Waals surface area contributed by atoms with Crippen molar-refractivity contribution in [1.29, 1.82) is 0 Å². The van der Waals surface area contributed by atoms with Gasteiger partial charge in [-0.25, -0.2) is 9.18 Å². The molecule has 1 fully saturated rings. The van der Waals surface area contributed by atoms with Crippen LogP contribution in [-0.4, -0.2) is 49.9 Å². The number of hydrogen-bond acceptors (Lipinski definition) is 3. The molecule has 0 spiro atoms. The van der Waals surface area contributed by atoms with E-state index in [1.807, 2.05) is 6.92 Å². The SMILES string of the molecule is C[C@@H]1COCCN1C(=O)NCCOc1ccccc1F. The van der Waals surface area contributed by atoms with E-state index in [1.54, 1.807) is 23.1 Å². The largest absolute Gasteiger partial charge is 0.489 e. The molecule has 6 heteroatoms. The second kappa shape index (κ2) is 7.09. The number of benzene rings is 1. The minimum Gasteiger partial charge on any atom is -0.489 e. The summed E-state index contributed by atoms with van der Waals surface area (Å²) < 4.78 is 23.8. The summed E-state index contributed by atoms with van der Waals surface area (Å²) in [6.45, 7) is 4.20. The Hall–Kier alpha value is -1.82. The molecule has 0 aromatic heterocycles. The fourth-order valence-corrected chi connectivity index (χ4v) is 2.01. The second-order valence-electron chi connectivity index (χ2n) is 4.63. The molecule has 1 heterocycles. The molecule has 1 aromatic carbocycles. The number of amides is 2. The van der Waals surface area contributed by atoms with Crippen LogP contribution in [0, 0.1) is 5.82 Å². The Morgan fingerprint density at radius 2 is 2.35 bits per heavy atom. The molecule has 0 radical (unpaired) electrons. The van der Waals surface area contributed by atoms with Gasteiger partial charge in [-0.2, -0.15) is 0 Å². The number of morpholine rings is 1. The predicted molar refractivity (Wildman–Crippen MR) is 72.3 cm³/mol. The third-order valence-electron chi connectivity index (χ3n) is 3.10. The Balaban J connectivity index is 1.70. The second-order valence-corrected chi connectivity index (χ2v) is 4.63. The lowest BCUT2D eigenvalue weighted by Crippen LogP contribution is -2.51. The molecule has 1 aromatic rings. The van der Waals surface area contributed by atoms with Crippen molar-refractivity contribution in [3.05, 3.63) is 30.1 Å². The van der Waals surface area contributed by atoms with Crippen molar-refractivity contribution in [3.63, 3.8) is 0 Å². The lowest BCUT2D eigenvalue weighted by Gasteiger charge is -2.33. The van der Waals surface area contributed by atoms with Gasteiger partial charge in [-0.3, -0.25) is 0 Å². The number of rotatable bonds is 4. The number of hydrogen-bond donors (Lipinski definition) is 1. The van der Waals surface area contributed by atoms with Crippen molar-refractivity contribution in [3.8, 4) is 5.75 Å². The highest BCUT2D eigenvalue weighted by Crippen LogP contribution is 2.14. The van der Waals surface area contributed by atoms with Crippen LogP contribution in [0.1, 0.15) is 6.92 Å². The molecular formula is C14H19FN2O3. The van der Waals surface area contributed by atoms with Crippen molar-refractivity contribution in [2.75, 3.05) is 32.9 Å². The van der Waals surface area contributed by atoms with Gasteiger partial charge < -0.3 is 19.7 Å². The molecule has 2 amide bonds. The predicted octanol–water partition coefficient (Wildman–Crippen LogP) is 1.63. The van der Waals surface area contributed by atoms with Crippen molar-refractivity contribution in [2.24, 2.45) is 0 Å². The standard InChI is InChI=1S/C14H19FN2O3/c1-11-10-19-9-7-17(11)14(18)16-6-8-20-13-5-3-2-4-12(13)15/h2-5,11H,6-10H2,1H3,(H,16,18)/t11-/m1/s1. The smallest absolute Gasteiger partial charge is 0.317 e. The van der Waals surface area contributed by atoms with Gasteiger partial charge in [0.2, 0.25) is 0 Å². The van der Waals surface area contributed by atoms with Gasteiger partial charge >= 0.3 is 6.03 Å². The van der Waals surface area contributed by atoms with Gasteiger partial charge in [0.05, 0.1) is 25.8 Å². The summed E-state index contributed by atoms with van der Waals surface area (Å²) in [5, 5.41) is 2.76. The summed E-state index contributed by atoms with van der Waals surface area (Å²) in [5.74, 6) is -0.206. The monoisotopic (exact) mass is 282 g/mol. The number of nitrogens with one attached hydrogen (secondary N) is 1. The van der Waals surface area contributed by atoms with E-state index >= 15 is 0 Å². The molecule has 0 unspecified atom stereocenters. The van der Waals surface area contributed by atoms with E-state index in [2.05, 4.69) is 5.32 Å². The van der Waals surface area contributed by atoms with E-state index in [1.165, 1.54) is 6.07 Å². The summed E-state index contributed by atoms with van der Waals surface area (Å²) in [5.41, 5.74) is 0. The highest BCUT2D eigenvalue weighted by Gasteiger charge is 2.23. The van der Waals surface area contributed by atoms with Crippen LogP contribution < -0.4 is 10.1 Å². The van der Waals surface area contributed by atoms with E-state index in [-0.39, 0.29) is 24.4 Å². The van der Waals surface area contributed by atoms with Crippen LogP contribution in [0.25, 0.3) is 0 Å². The van der Waals surface area contributed by atoms with Gasteiger partial charge in [-0.1, -0.05) is 12.1 Å². The number of para-hydroxylation sites is 1.